The Labute approximate surface area is 607 Å². The molecular weight excluding hydrogens is 1650 g/mol. The normalized spacial score (nSPS) is 29.5. The number of imidazole rings is 3. The van der Waals surface area contributed by atoms with E-state index in [1.54, 1.807) is 12.1 Å². The fourth-order valence-corrected chi connectivity index (χ4v) is 18.6. The minimum Gasteiger partial charge on any atom is -0.497 e. The molecule has 7 aromatic rings. The van der Waals surface area contributed by atoms with Gasteiger partial charge in [-0.25, -0.2) is 75.7 Å². The fraction of sp³-hybridized carbons (Fsp3) is 0.468. The van der Waals surface area contributed by atoms with Gasteiger partial charge in [-0.1, -0.05) is 0 Å². The van der Waals surface area contributed by atoms with Gasteiger partial charge in [0.15, 0.2) is 35.4 Å². The molecule has 23 atom stereocenters. The molecule has 54 nitrogen and oxygen atoms in total. The first kappa shape index (κ1) is 87.2. The lowest BCUT2D eigenvalue weighted by Gasteiger charge is -2.21. The molecule has 0 bridgehead atoms. The Bertz CT molecular complexity index is 4650. The third-order valence-corrected chi connectivity index (χ3v) is 25.7. The molecule has 7 unspecified atom stereocenters. The molecule has 0 saturated carbocycles. The van der Waals surface area contributed by atoms with Crippen molar-refractivity contribution >= 4 is 96.5 Å². The van der Waals surface area contributed by atoms with E-state index in [-0.39, 0.29) is 34.3 Å². The number of phosphoric ester groups is 3. The molecule has 606 valence electrons. The molecular formula is C47H66N12O42P8. The zero-order valence-electron chi connectivity index (χ0n) is 54.7. The second-order valence-corrected chi connectivity index (χ2v) is 34.6. The van der Waals surface area contributed by atoms with Crippen LogP contribution in [-0.2, 0) is 95.1 Å². The summed E-state index contributed by atoms with van der Waals surface area (Å²) in [6, 6.07) is 12.0. The lowest BCUT2D eigenvalue weighted by Crippen LogP contribution is -2.35. The highest BCUT2D eigenvalue weighted by atomic mass is 31.3. The van der Waals surface area contributed by atoms with Crippen LogP contribution in [-0.4, -0.2) is 260 Å². The molecule has 21 N–H and O–H groups in total. The van der Waals surface area contributed by atoms with Crippen molar-refractivity contribution in [1.29, 1.82) is 0 Å². The highest BCUT2D eigenvalue weighted by Gasteiger charge is 2.52. The van der Waals surface area contributed by atoms with Gasteiger partial charge in [0.1, 0.15) is 126 Å². The van der Waals surface area contributed by atoms with Crippen LogP contribution < -0.4 is 30.4 Å². The van der Waals surface area contributed by atoms with Crippen molar-refractivity contribution in [3.8, 4) is 23.0 Å². The number of aromatic nitrogens is 10. The summed E-state index contributed by atoms with van der Waals surface area (Å²) in [6.07, 6.45) is -15.4. The SMILES string of the molecule is COc1ccc(O[C@@H]2O[C@H](COP(=O)(O)OP(=O)(O)OP(=O)(O)O)[C@@H](O)[C@H]2O)cc1.COc1ccc(O[C@@H]2O[C@H](COP(=O)(O)OP(=O)(O)OP(=O)(O)OP(=O)(O)OC[C@H]3O[C@@H](n4cnc5c(N)ncnc54)[C@H](O)[C@@H]3O)[C@@H](O)[C@H]2O)cc1.Nc1ncnc2c1ncn2[C@@H]1O[C@H](COP(=O)(O)n2ccnc2)[C@@H](O)[C@H]1O. The molecule has 62 heteroatoms. The highest BCUT2D eigenvalue weighted by molar-refractivity contribution is 7.69. The van der Waals surface area contributed by atoms with E-state index < -0.39 is 187 Å². The number of hydrogen-bond acceptors (Lipinski definition) is 42. The molecule has 0 amide bonds. The van der Waals surface area contributed by atoms with Crippen LogP contribution in [0.4, 0.5) is 11.6 Å². The van der Waals surface area contributed by atoms with Gasteiger partial charge in [0.25, 0.3) is 0 Å². The van der Waals surface area contributed by atoms with Gasteiger partial charge >= 0.3 is 62.5 Å². The van der Waals surface area contributed by atoms with Crippen molar-refractivity contribution in [2.24, 2.45) is 0 Å². The van der Waals surface area contributed by atoms with Crippen LogP contribution in [0.3, 0.4) is 0 Å². The molecule has 0 radical (unpaired) electrons. The van der Waals surface area contributed by atoms with Gasteiger partial charge in [0.05, 0.1) is 53.3 Å². The van der Waals surface area contributed by atoms with Crippen LogP contribution in [0.2, 0.25) is 0 Å². The maximum atomic E-state index is 12.4. The summed E-state index contributed by atoms with van der Waals surface area (Å²) in [5, 5.41) is 81.9. The number of nitrogens with two attached hydrogens (primary N) is 2. The number of rotatable bonds is 31. The summed E-state index contributed by atoms with van der Waals surface area (Å²) in [4.78, 5) is 112. The molecule has 11 rings (SSSR count). The topological polar surface area (TPSA) is 794 Å². The second kappa shape index (κ2) is 35.3. The molecule has 9 heterocycles. The van der Waals surface area contributed by atoms with E-state index in [1.807, 2.05) is 0 Å². The Kier molecular flexibility index (Phi) is 28.2. The summed E-state index contributed by atoms with van der Waals surface area (Å²) >= 11 is 0. The third kappa shape index (κ3) is 23.0. The maximum absolute atomic E-state index is 12.4. The lowest BCUT2D eigenvalue weighted by atomic mass is 10.1. The molecule has 0 aliphatic carbocycles. The van der Waals surface area contributed by atoms with Crippen molar-refractivity contribution in [3.63, 3.8) is 0 Å². The Morgan fingerprint density at radius 3 is 1.08 bits per heavy atom. The van der Waals surface area contributed by atoms with Crippen LogP contribution in [0.1, 0.15) is 12.5 Å². The van der Waals surface area contributed by atoms with E-state index in [4.69, 9.17) is 68.6 Å². The Morgan fingerprint density at radius 1 is 0.404 bits per heavy atom. The van der Waals surface area contributed by atoms with Crippen LogP contribution in [0.5, 0.6) is 23.0 Å². The molecule has 5 aromatic heterocycles. The van der Waals surface area contributed by atoms with Gasteiger partial charge in [-0.05, 0) is 48.5 Å². The van der Waals surface area contributed by atoms with Gasteiger partial charge in [-0.3, -0.25) is 27.2 Å². The Balaban J connectivity index is 0.000000204. The second-order valence-electron chi connectivity index (χ2n) is 22.2. The summed E-state index contributed by atoms with van der Waals surface area (Å²) < 4.78 is 178. The maximum Gasteiger partial charge on any atom is 0.490 e. The van der Waals surface area contributed by atoms with Crippen LogP contribution in [0.25, 0.3) is 22.3 Å². The number of phosphoric acid groups is 7. The molecule has 4 aliphatic heterocycles. The van der Waals surface area contributed by atoms with E-state index >= 15 is 0 Å². The van der Waals surface area contributed by atoms with Gasteiger partial charge < -0.3 is 134 Å². The molecule has 109 heavy (non-hydrogen) atoms. The number of nitrogens with zero attached hydrogens (tertiary/aromatic N) is 10. The van der Waals surface area contributed by atoms with Crippen molar-refractivity contribution in [2.45, 2.75) is 98.3 Å². The summed E-state index contributed by atoms with van der Waals surface area (Å²) in [6.45, 7) is -3.57. The molecule has 0 spiro atoms. The van der Waals surface area contributed by atoms with Gasteiger partial charge in [-0.2, -0.15) is 21.6 Å². The largest absolute Gasteiger partial charge is 0.497 e. The number of aliphatic hydroxyl groups excluding tert-OH is 8. The van der Waals surface area contributed by atoms with E-state index in [2.05, 4.69) is 70.0 Å². The summed E-state index contributed by atoms with van der Waals surface area (Å²) in [5.41, 5.74) is 12.3. The predicted octanol–water partition coefficient (Wildman–Crippen LogP) is -2.20. The van der Waals surface area contributed by atoms with Crippen LogP contribution >= 0.6 is 62.5 Å². The van der Waals surface area contributed by atoms with Crippen LogP contribution in [0.15, 0.2) is 92.6 Å². The van der Waals surface area contributed by atoms with E-state index in [0.29, 0.717) is 22.7 Å². The minimum atomic E-state index is -6.18. The van der Waals surface area contributed by atoms with E-state index in [9.17, 15) is 107 Å². The molecule has 4 fully saturated rings. The van der Waals surface area contributed by atoms with Crippen molar-refractivity contribution in [1.82, 2.24) is 48.4 Å². The molecule has 4 saturated heterocycles. The number of hydrogen-bond donors (Lipinski definition) is 19. The third-order valence-electron chi connectivity index (χ3n) is 14.7. The first-order valence-electron chi connectivity index (χ1n) is 29.8. The summed E-state index contributed by atoms with van der Waals surface area (Å²) in [7, 11) is -41.8. The smallest absolute Gasteiger partial charge is 0.490 e. The Hall–Kier alpha value is -5.81. The summed E-state index contributed by atoms with van der Waals surface area (Å²) in [5.74, 6) is 1.56. The number of benzene rings is 2. The minimum absolute atomic E-state index is 0.0113. The zero-order chi connectivity index (χ0) is 80.1. The van der Waals surface area contributed by atoms with E-state index in [1.165, 1.54) is 80.2 Å². The lowest BCUT2D eigenvalue weighted by molar-refractivity contribution is -0.115. The standard InChI is InChI=1S/C22H31N5O21P4.C13H16N7O6P.C12H19O15P3/c1-40-10-2-4-11(5-3-10)43-22-18(31)16(29)13(45-22)7-42-50(34,35)47-52(38,39)48-51(36,37)46-49(32,33)41-6-12-15(28)17(30)21(44-12)27-9-26-14-19(23)24-8-25-20(14)27;14-11-8-12(17-4-16-11)20(6-18-8)13-10(22)9(21)7(26-13)3-25-27(23,24)19-2-1-15-5-19;1-22-7-2-4-8(5-3-7)24-12-11(14)10(13)9(25-12)6-23-29(18,19)27-30(20,21)26-28(15,16)17/h2-5,8-9,12-13,15-18,21-22,28-31H,6-7H2,1H3,(H,32,33)(H,34,35)(H,36,37)(H,38,39)(H2,23,24,25);1-2,4-7,9-10,13,21-22H,3H2,(H,23,24)(H2,14,16,17);2-5,9-14H,6H2,1H3,(H,18,19)(H,20,21)(H2,15,16,17)/t12-,13-,15-,16-,17-,18-,21-,22-;7-,9-,10-,13-;9-,10-,11-,12-/m111/s1. The zero-order valence-corrected chi connectivity index (χ0v) is 61.9. The quantitative estimate of drug-likeness (QED) is 0.0205. The van der Waals surface area contributed by atoms with Gasteiger partial charge in [-0.15, -0.1) is 0 Å². The first-order valence-corrected chi connectivity index (χ1v) is 41.9. The number of aliphatic hydroxyl groups is 8. The van der Waals surface area contributed by atoms with Crippen molar-refractivity contribution in [3.05, 3.63) is 92.6 Å². The monoisotopic (exact) mass is 1720 g/mol. The average Bonchev–Trinajstić information content (AvgIpc) is 1.63. The number of ether oxygens (including phenoxy) is 8. The molecule has 2 aromatic carbocycles. The van der Waals surface area contributed by atoms with Crippen molar-refractivity contribution in [2.75, 3.05) is 52.1 Å². The fourth-order valence-electron chi connectivity index (χ4n) is 9.69. The van der Waals surface area contributed by atoms with Gasteiger partial charge in [0.2, 0.25) is 12.6 Å². The number of methoxy groups -OCH3 is 2. The predicted molar refractivity (Wildman–Crippen MR) is 348 cm³/mol. The van der Waals surface area contributed by atoms with Crippen molar-refractivity contribution < 1.29 is 199 Å². The Morgan fingerprint density at radius 2 is 0.734 bits per heavy atom. The highest BCUT2D eigenvalue weighted by Crippen LogP contribution is 2.72. The average molecular weight is 1720 g/mol. The number of fused-ring (bicyclic) bond motifs is 2. The number of anilines is 2. The van der Waals surface area contributed by atoms with Crippen LogP contribution in [0, 0.1) is 0 Å². The molecule has 4 aliphatic rings. The van der Waals surface area contributed by atoms with Gasteiger partial charge in [0, 0.05) is 12.4 Å². The van der Waals surface area contributed by atoms with E-state index in [0.717, 1.165) is 27.9 Å². The number of nitrogen functional groups attached to an aromatic ring is 2. The first-order chi connectivity index (χ1) is 50.8.